The number of para-hydroxylation sites is 1. The number of nitrogens with zero attached hydrogens (tertiary/aromatic N) is 1. The molecule has 0 bridgehead atoms. The predicted molar refractivity (Wildman–Crippen MR) is 109 cm³/mol. The van der Waals surface area contributed by atoms with Gasteiger partial charge in [0, 0.05) is 17.1 Å². The van der Waals surface area contributed by atoms with E-state index in [-0.39, 0.29) is 23.4 Å². The maximum Gasteiger partial charge on any atom is 0.221 e. The van der Waals surface area contributed by atoms with Crippen molar-refractivity contribution in [1.29, 1.82) is 0 Å². The van der Waals surface area contributed by atoms with E-state index in [0.29, 0.717) is 5.92 Å². The predicted octanol–water partition coefficient (Wildman–Crippen LogP) is 4.15. The number of hydrogen-bond donors (Lipinski definition) is 2. The van der Waals surface area contributed by atoms with Crippen molar-refractivity contribution >= 4 is 25.1 Å². The molecule has 1 aliphatic carbocycles. The highest BCUT2D eigenvalue weighted by atomic mass is 28.4. The number of nitrogens with two attached hydrogens (primary N) is 1. The minimum Gasteiger partial charge on any atom is -0.432 e. The van der Waals surface area contributed by atoms with Crippen LogP contribution in [0.15, 0.2) is 42.6 Å². The molecule has 0 saturated carbocycles. The number of amides is 1. The topological polar surface area (TPSA) is 68.2 Å². The summed E-state index contributed by atoms with van der Waals surface area (Å²) in [6, 6.07) is 8.48. The number of benzene rings is 1. The number of allylic oxidation sites excluding steroid dienone is 2. The maximum absolute atomic E-state index is 11.4. The summed E-state index contributed by atoms with van der Waals surface area (Å²) in [5, 5.41) is 1.08. The van der Waals surface area contributed by atoms with Crippen molar-refractivity contribution < 1.29 is 9.59 Å². The van der Waals surface area contributed by atoms with Gasteiger partial charge in [0.2, 0.25) is 5.91 Å². The summed E-state index contributed by atoms with van der Waals surface area (Å²) >= 11 is 0. The maximum atomic E-state index is 11.4. The van der Waals surface area contributed by atoms with Crippen LogP contribution in [0.2, 0.25) is 18.1 Å². The summed E-state index contributed by atoms with van der Waals surface area (Å²) in [6.45, 7) is 8.43. The molecule has 0 fully saturated rings. The van der Waals surface area contributed by atoms with Crippen LogP contribution in [-0.2, 0) is 11.2 Å². The largest absolute Gasteiger partial charge is 0.432 e. The Morgan fingerprint density at radius 2 is 2.00 bits per heavy atom. The highest BCUT2D eigenvalue weighted by Gasteiger charge is 2.40. The van der Waals surface area contributed by atoms with E-state index >= 15 is 0 Å². The molecule has 3 N–H and O–H groups in total. The Morgan fingerprint density at radius 1 is 1.31 bits per heavy atom. The Balaban J connectivity index is 1.84. The van der Waals surface area contributed by atoms with Crippen molar-refractivity contribution in [3.8, 4) is 0 Å². The third kappa shape index (κ3) is 3.64. The summed E-state index contributed by atoms with van der Waals surface area (Å²) in [5.74, 6) is 0.166. The first-order valence-electron chi connectivity index (χ1n) is 9.36. The van der Waals surface area contributed by atoms with Gasteiger partial charge in [-0.05, 0) is 48.5 Å². The van der Waals surface area contributed by atoms with E-state index in [1.165, 1.54) is 0 Å². The molecule has 1 heterocycles. The molecule has 5 heteroatoms. The zero-order chi connectivity index (χ0) is 19.1. The van der Waals surface area contributed by atoms with E-state index < -0.39 is 8.32 Å². The van der Waals surface area contributed by atoms with Gasteiger partial charge >= 0.3 is 0 Å². The number of hydrogen-bond acceptors (Lipinski definition) is 2. The van der Waals surface area contributed by atoms with Crippen molar-refractivity contribution in [1.82, 2.24) is 4.57 Å². The molecule has 26 heavy (non-hydrogen) atoms. The van der Waals surface area contributed by atoms with E-state index in [2.05, 4.69) is 48.9 Å². The van der Waals surface area contributed by atoms with Gasteiger partial charge in [0.25, 0.3) is 0 Å². The lowest BCUT2D eigenvalue weighted by molar-refractivity contribution is -0.117. The van der Waals surface area contributed by atoms with E-state index in [1.807, 2.05) is 25.2 Å². The summed E-state index contributed by atoms with van der Waals surface area (Å²) < 4.78 is 2.28. The van der Waals surface area contributed by atoms with Crippen LogP contribution < -0.4 is 5.73 Å². The normalized spacial score (nSPS) is 20.8. The second-order valence-electron chi connectivity index (χ2n) is 8.82. The molecule has 0 radical (unpaired) electrons. The summed E-state index contributed by atoms with van der Waals surface area (Å²) in [7, 11) is -2.20. The lowest BCUT2D eigenvalue weighted by Gasteiger charge is -2.37. The third-order valence-electron chi connectivity index (χ3n) is 6.12. The quantitative estimate of drug-likeness (QED) is 0.592. The molecule has 3 rings (SSSR count). The number of fused-ring (bicyclic) bond motifs is 1. The van der Waals surface area contributed by atoms with E-state index in [0.717, 1.165) is 29.3 Å². The van der Waals surface area contributed by atoms with Gasteiger partial charge in [-0.15, -0.1) is 0 Å². The number of rotatable bonds is 6. The van der Waals surface area contributed by atoms with Crippen LogP contribution >= 0.6 is 0 Å². The summed E-state index contributed by atoms with van der Waals surface area (Å²) in [4.78, 5) is 22.0. The van der Waals surface area contributed by atoms with Crippen LogP contribution in [0.4, 0.5) is 0 Å². The van der Waals surface area contributed by atoms with E-state index in [9.17, 15) is 9.59 Å². The van der Waals surface area contributed by atoms with Gasteiger partial charge in [0.15, 0.2) is 8.32 Å². The smallest absolute Gasteiger partial charge is 0.221 e. The van der Waals surface area contributed by atoms with Gasteiger partial charge in [-0.2, -0.15) is 0 Å². The minimum atomic E-state index is -2.20. The summed E-state index contributed by atoms with van der Waals surface area (Å²) in [6.07, 6.45) is 8.96. The van der Waals surface area contributed by atoms with Gasteiger partial charge in [-0.1, -0.05) is 44.2 Å². The van der Waals surface area contributed by atoms with Crippen molar-refractivity contribution in [3.63, 3.8) is 0 Å². The van der Waals surface area contributed by atoms with Crippen LogP contribution in [0.25, 0.3) is 10.9 Å². The highest BCUT2D eigenvalue weighted by Crippen LogP contribution is 2.45. The molecular weight excluding hydrogens is 340 g/mol. The van der Waals surface area contributed by atoms with Gasteiger partial charge in [-0.3, -0.25) is 4.79 Å². The molecule has 1 aromatic heterocycles. The van der Waals surface area contributed by atoms with Gasteiger partial charge in [0.1, 0.15) is 0 Å². The van der Waals surface area contributed by atoms with E-state index in [4.69, 9.17) is 5.73 Å². The Hall–Kier alpha value is -1.85. The molecule has 0 spiro atoms. The van der Waals surface area contributed by atoms with Gasteiger partial charge in [0.05, 0.1) is 12.5 Å². The molecule has 1 unspecified atom stereocenters. The first-order valence-corrected chi connectivity index (χ1v) is 12.3. The van der Waals surface area contributed by atoms with Crippen LogP contribution in [0.3, 0.4) is 0 Å². The first-order chi connectivity index (χ1) is 12.1. The van der Waals surface area contributed by atoms with Crippen molar-refractivity contribution in [2.75, 3.05) is 0 Å². The van der Waals surface area contributed by atoms with Gasteiger partial charge in [-0.25, -0.2) is 0 Å². The minimum absolute atomic E-state index is 0.0211. The van der Waals surface area contributed by atoms with E-state index in [1.54, 1.807) is 0 Å². The zero-order valence-corrected chi connectivity index (χ0v) is 17.2. The zero-order valence-electron chi connectivity index (χ0n) is 16.2. The fraction of sp³-hybridized carbons (Fsp3) is 0.476. The molecule has 1 aromatic carbocycles. The standard InChI is InChI=1S/C21H30N2O2Si/c1-21(2,26(3,4)25)13-15-9-10-17(11-15)23-14-16(12-20(22)24)18-7-5-6-8-19(18)23/h5-10,14-15,17,25H,11-13H2,1-4H3,(H2,22,24)/t15-,17?/m1/s1. The Kier molecular flexibility index (Phi) is 4.88. The molecule has 2 atom stereocenters. The van der Waals surface area contributed by atoms with Crippen LogP contribution in [0, 0.1) is 5.92 Å². The average molecular weight is 371 g/mol. The first kappa shape index (κ1) is 18.9. The highest BCUT2D eigenvalue weighted by molar-refractivity contribution is 6.72. The van der Waals surface area contributed by atoms with Crippen molar-refractivity contribution in [3.05, 3.63) is 48.2 Å². The molecule has 140 valence electrons. The molecular formula is C21H30N2O2Si. The Morgan fingerprint density at radius 3 is 2.65 bits per heavy atom. The summed E-state index contributed by atoms with van der Waals surface area (Å²) in [5.41, 5.74) is 7.57. The molecule has 1 amide bonds. The second kappa shape index (κ2) is 6.71. The van der Waals surface area contributed by atoms with Crippen molar-refractivity contribution in [2.24, 2.45) is 11.7 Å². The molecule has 0 aliphatic heterocycles. The van der Waals surface area contributed by atoms with Crippen LogP contribution in [-0.4, -0.2) is 23.6 Å². The Bertz CT molecular complexity index is 845. The molecule has 0 saturated heterocycles. The van der Waals surface area contributed by atoms with Crippen molar-refractivity contribution in [2.45, 2.75) is 57.3 Å². The number of aromatic nitrogens is 1. The fourth-order valence-corrected chi connectivity index (χ4v) is 4.66. The average Bonchev–Trinajstić information content (AvgIpc) is 3.10. The lowest BCUT2D eigenvalue weighted by Crippen LogP contribution is -2.39. The Labute approximate surface area is 156 Å². The third-order valence-corrected chi connectivity index (χ3v) is 9.64. The SMILES string of the molecule is CC(C)(C[C@@H]1C=CC(n2cc(CC(N)=O)c3ccccc32)C1)[Si](C)(C)O. The van der Waals surface area contributed by atoms with Gasteiger partial charge < -0.3 is 15.1 Å². The molecule has 4 nitrogen and oxygen atoms in total. The second-order valence-corrected chi connectivity index (χ2v) is 13.3. The monoisotopic (exact) mass is 370 g/mol. The number of carbonyl (C=O) groups is 1. The molecule has 1 aliphatic rings. The lowest BCUT2D eigenvalue weighted by atomic mass is 9.95. The fourth-order valence-electron chi connectivity index (χ4n) is 3.90. The van der Waals surface area contributed by atoms with Crippen LogP contribution in [0.1, 0.15) is 38.3 Å². The number of primary amides is 1. The molecule has 2 aromatic rings. The number of carbonyl (C=O) groups excluding carboxylic acids is 1. The van der Waals surface area contributed by atoms with Crippen LogP contribution in [0.5, 0.6) is 0 Å².